The van der Waals surface area contributed by atoms with Crippen molar-refractivity contribution < 1.29 is 28.8 Å². The molecule has 0 saturated carbocycles. The summed E-state index contributed by atoms with van der Waals surface area (Å²) >= 11 is 0. The Bertz CT molecular complexity index is 1010. The summed E-state index contributed by atoms with van der Waals surface area (Å²) in [4.78, 5) is 45.4. The van der Waals surface area contributed by atoms with Crippen molar-refractivity contribution in [2.75, 3.05) is 6.54 Å². The number of carbonyl (C=O) groups is 3. The smallest absolute Gasteiger partial charge is 0.329 e. The van der Waals surface area contributed by atoms with E-state index in [0.29, 0.717) is 21.8 Å². The van der Waals surface area contributed by atoms with Crippen LogP contribution in [0.2, 0.25) is 0 Å². The maximum atomic E-state index is 12.1. The number of non-ortho nitro benzene ring substituents is 1. The molecule has 0 aliphatic carbocycles. The summed E-state index contributed by atoms with van der Waals surface area (Å²) in [6.07, 6.45) is 1.28. The third kappa shape index (κ3) is 3.54. The molecule has 138 valence electrons. The van der Waals surface area contributed by atoms with Gasteiger partial charge in [0.1, 0.15) is 23.8 Å². The van der Waals surface area contributed by atoms with E-state index in [2.05, 4.69) is 5.32 Å². The Morgan fingerprint density at radius 2 is 2.07 bits per heavy atom. The highest BCUT2D eigenvalue weighted by Gasteiger charge is 2.35. The predicted octanol–water partition coefficient (Wildman–Crippen LogP) is 2.14. The third-order valence-electron chi connectivity index (χ3n) is 3.86. The first-order valence-electron chi connectivity index (χ1n) is 7.68. The van der Waals surface area contributed by atoms with Crippen molar-refractivity contribution in [1.29, 1.82) is 0 Å². The number of nitro benzene ring substituents is 1. The monoisotopic (exact) mass is 371 g/mol. The van der Waals surface area contributed by atoms with Gasteiger partial charge in [-0.1, -0.05) is 0 Å². The number of urea groups is 1. The molecular formula is C17H13N3O7. The predicted molar refractivity (Wildman–Crippen MR) is 91.4 cm³/mol. The van der Waals surface area contributed by atoms with E-state index in [1.54, 1.807) is 25.1 Å². The molecule has 27 heavy (non-hydrogen) atoms. The van der Waals surface area contributed by atoms with Crippen molar-refractivity contribution >= 4 is 29.7 Å². The van der Waals surface area contributed by atoms with E-state index >= 15 is 0 Å². The second-order valence-corrected chi connectivity index (χ2v) is 5.73. The Morgan fingerprint density at radius 3 is 2.70 bits per heavy atom. The van der Waals surface area contributed by atoms with Gasteiger partial charge in [0.15, 0.2) is 0 Å². The molecule has 0 unspecified atom stereocenters. The van der Waals surface area contributed by atoms with Gasteiger partial charge in [-0.3, -0.25) is 19.7 Å². The van der Waals surface area contributed by atoms with E-state index in [-0.39, 0.29) is 17.1 Å². The molecule has 10 heteroatoms. The Labute approximate surface area is 151 Å². The van der Waals surface area contributed by atoms with E-state index in [1.165, 1.54) is 18.2 Å². The van der Waals surface area contributed by atoms with Gasteiger partial charge < -0.3 is 14.8 Å². The molecule has 1 aromatic carbocycles. The number of nitrogens with one attached hydrogen (secondary N) is 1. The van der Waals surface area contributed by atoms with Crippen LogP contribution in [-0.4, -0.2) is 39.4 Å². The second-order valence-electron chi connectivity index (χ2n) is 5.73. The number of hydrogen-bond donors (Lipinski definition) is 2. The van der Waals surface area contributed by atoms with Crippen LogP contribution in [0.4, 0.5) is 10.5 Å². The minimum atomic E-state index is -1.31. The average molecular weight is 371 g/mol. The Balaban J connectivity index is 1.86. The molecule has 0 radical (unpaired) electrons. The van der Waals surface area contributed by atoms with Crippen LogP contribution in [0.25, 0.3) is 17.4 Å². The van der Waals surface area contributed by atoms with Crippen molar-refractivity contribution in [3.8, 4) is 11.3 Å². The normalized spacial score (nSPS) is 15.3. The Morgan fingerprint density at radius 1 is 1.33 bits per heavy atom. The van der Waals surface area contributed by atoms with Gasteiger partial charge in [-0.25, -0.2) is 9.69 Å². The summed E-state index contributed by atoms with van der Waals surface area (Å²) in [5, 5.41) is 21.8. The number of hydrogen-bond acceptors (Lipinski definition) is 6. The lowest BCUT2D eigenvalue weighted by molar-refractivity contribution is -0.384. The second kappa shape index (κ2) is 6.75. The molecule has 0 bridgehead atoms. The number of aliphatic carboxylic acids is 1. The minimum Gasteiger partial charge on any atom is -0.480 e. The average Bonchev–Trinajstić information content (AvgIpc) is 3.15. The fourth-order valence-electron chi connectivity index (χ4n) is 2.61. The quantitative estimate of drug-likeness (QED) is 0.355. The number of nitrogens with zero attached hydrogens (tertiary/aromatic N) is 2. The molecule has 3 rings (SSSR count). The van der Waals surface area contributed by atoms with Crippen molar-refractivity contribution in [3.05, 3.63) is 57.5 Å². The lowest BCUT2D eigenvalue weighted by atomic mass is 10.1. The van der Waals surface area contributed by atoms with Gasteiger partial charge in [-0.15, -0.1) is 0 Å². The van der Waals surface area contributed by atoms with Crippen LogP contribution in [0.3, 0.4) is 0 Å². The van der Waals surface area contributed by atoms with Crippen LogP contribution in [0.1, 0.15) is 11.3 Å². The number of furan rings is 1. The van der Waals surface area contributed by atoms with Gasteiger partial charge in [-0.05, 0) is 30.7 Å². The number of benzene rings is 1. The van der Waals surface area contributed by atoms with Gasteiger partial charge in [0.25, 0.3) is 11.6 Å². The number of aryl methyl sites for hydroxylation is 1. The van der Waals surface area contributed by atoms with Crippen molar-refractivity contribution in [1.82, 2.24) is 10.2 Å². The molecule has 1 aromatic heterocycles. The number of carboxylic acid groups (broad SMARTS) is 1. The van der Waals surface area contributed by atoms with Crippen LogP contribution in [0.15, 0.2) is 40.4 Å². The number of rotatable bonds is 5. The number of carbonyl (C=O) groups excluding carboxylic acids is 2. The maximum absolute atomic E-state index is 12.1. The fraction of sp³-hybridized carbons (Fsp3) is 0.118. The molecule has 2 heterocycles. The van der Waals surface area contributed by atoms with Crippen LogP contribution in [0, 0.1) is 17.0 Å². The number of amides is 3. The summed E-state index contributed by atoms with van der Waals surface area (Å²) in [5.41, 5.74) is 1.13. The molecule has 0 atom stereocenters. The molecule has 2 aromatic rings. The highest BCUT2D eigenvalue weighted by molar-refractivity contribution is 6.14. The first kappa shape index (κ1) is 17.9. The summed E-state index contributed by atoms with van der Waals surface area (Å²) in [6, 6.07) is 6.68. The Kier molecular flexibility index (Phi) is 4.46. The van der Waals surface area contributed by atoms with E-state index in [1.807, 2.05) is 0 Å². The van der Waals surface area contributed by atoms with Crippen LogP contribution >= 0.6 is 0 Å². The van der Waals surface area contributed by atoms with Gasteiger partial charge in [0.05, 0.1) is 4.92 Å². The SMILES string of the molecule is Cc1cc([N+](=O)[O-])ccc1-c1ccc(/C=C2\NC(=O)N(CC(=O)O)C2=O)o1. The van der Waals surface area contributed by atoms with Crippen LogP contribution in [-0.2, 0) is 9.59 Å². The van der Waals surface area contributed by atoms with Crippen LogP contribution in [0.5, 0.6) is 0 Å². The highest BCUT2D eigenvalue weighted by Crippen LogP contribution is 2.29. The molecule has 1 saturated heterocycles. The molecular weight excluding hydrogens is 358 g/mol. The van der Waals surface area contributed by atoms with E-state index in [4.69, 9.17) is 9.52 Å². The molecule has 10 nitrogen and oxygen atoms in total. The van der Waals surface area contributed by atoms with Gasteiger partial charge in [-0.2, -0.15) is 0 Å². The van der Waals surface area contributed by atoms with Crippen molar-refractivity contribution in [2.45, 2.75) is 6.92 Å². The zero-order valence-electron chi connectivity index (χ0n) is 14.0. The Hall–Kier alpha value is -3.95. The third-order valence-corrected chi connectivity index (χ3v) is 3.86. The largest absolute Gasteiger partial charge is 0.480 e. The van der Waals surface area contributed by atoms with Gasteiger partial charge in [0.2, 0.25) is 0 Å². The molecule has 0 spiro atoms. The molecule has 1 fully saturated rings. The van der Waals surface area contributed by atoms with E-state index < -0.39 is 29.4 Å². The molecule has 3 amide bonds. The first-order valence-corrected chi connectivity index (χ1v) is 7.68. The topological polar surface area (TPSA) is 143 Å². The van der Waals surface area contributed by atoms with Crippen LogP contribution < -0.4 is 5.32 Å². The fourth-order valence-corrected chi connectivity index (χ4v) is 2.61. The van der Waals surface area contributed by atoms with E-state index in [0.717, 1.165) is 0 Å². The highest BCUT2D eigenvalue weighted by atomic mass is 16.6. The minimum absolute atomic E-state index is 0.0389. The van der Waals surface area contributed by atoms with E-state index in [9.17, 15) is 24.5 Å². The summed E-state index contributed by atoms with van der Waals surface area (Å²) in [5.74, 6) is -1.41. The maximum Gasteiger partial charge on any atom is 0.329 e. The number of imide groups is 1. The van der Waals surface area contributed by atoms with Gasteiger partial charge in [0, 0.05) is 23.8 Å². The summed E-state index contributed by atoms with van der Waals surface area (Å²) in [7, 11) is 0. The summed E-state index contributed by atoms with van der Waals surface area (Å²) < 4.78 is 5.63. The lowest BCUT2D eigenvalue weighted by Crippen LogP contribution is -2.35. The molecule has 1 aliphatic rings. The molecule has 2 N–H and O–H groups in total. The van der Waals surface area contributed by atoms with Gasteiger partial charge >= 0.3 is 12.0 Å². The zero-order chi connectivity index (χ0) is 19.7. The number of nitro groups is 1. The summed E-state index contributed by atoms with van der Waals surface area (Å²) in [6.45, 7) is 0.959. The lowest BCUT2D eigenvalue weighted by Gasteiger charge is -2.06. The van der Waals surface area contributed by atoms with Crippen molar-refractivity contribution in [2.24, 2.45) is 0 Å². The standard InChI is InChI=1S/C17H13N3O7/c1-9-6-10(20(25)26)2-4-12(9)14-5-3-11(27-14)7-13-16(23)19(8-15(21)22)17(24)18-13/h2-7H,8H2,1H3,(H,18,24)(H,21,22)/b13-7-. The number of carboxylic acids is 1. The first-order chi connectivity index (χ1) is 12.8. The van der Waals surface area contributed by atoms with Crippen molar-refractivity contribution in [3.63, 3.8) is 0 Å². The zero-order valence-corrected chi connectivity index (χ0v) is 14.0. The molecule has 1 aliphatic heterocycles.